The maximum Gasteiger partial charge on any atom is 0.0447 e. The summed E-state index contributed by atoms with van der Waals surface area (Å²) in [5.41, 5.74) is 6.47. The average molecular weight is 510 g/mol. The van der Waals surface area contributed by atoms with E-state index in [1.165, 1.54) is 65.4 Å². The van der Waals surface area contributed by atoms with Crippen LogP contribution >= 0.6 is 7.92 Å². The Morgan fingerprint density at radius 2 is 0.947 bits per heavy atom. The predicted octanol–water partition coefficient (Wildman–Crippen LogP) is 8.10. The lowest BCUT2D eigenvalue weighted by Crippen LogP contribution is -2.23. The minimum absolute atomic E-state index is 0.794. The molecule has 0 aliphatic heterocycles. The smallest absolute Gasteiger partial charge is 0.0447 e. The predicted molar refractivity (Wildman–Crippen MR) is 169 cm³/mol. The third-order valence-electron chi connectivity index (χ3n) is 7.37. The van der Waals surface area contributed by atoms with Crippen molar-refractivity contribution < 1.29 is 0 Å². The molecular formula is C36H32NP. The van der Waals surface area contributed by atoms with Crippen molar-refractivity contribution in [3.05, 3.63) is 132 Å². The van der Waals surface area contributed by atoms with E-state index in [0.717, 1.165) is 0 Å². The molecule has 6 aromatic rings. The second-order valence-electron chi connectivity index (χ2n) is 10.3. The van der Waals surface area contributed by atoms with E-state index in [9.17, 15) is 0 Å². The van der Waals surface area contributed by atoms with E-state index in [4.69, 9.17) is 0 Å². The highest BCUT2D eigenvalue weighted by atomic mass is 31.1. The maximum absolute atomic E-state index is 2.39. The highest BCUT2D eigenvalue weighted by molar-refractivity contribution is 7.80. The monoisotopic (exact) mass is 509 g/mol. The van der Waals surface area contributed by atoms with Crippen LogP contribution in [0.2, 0.25) is 0 Å². The van der Waals surface area contributed by atoms with Crippen LogP contribution in [0.4, 0.5) is 5.69 Å². The lowest BCUT2D eigenvalue weighted by molar-refractivity contribution is 1.14. The number of anilines is 1. The van der Waals surface area contributed by atoms with E-state index < -0.39 is 7.92 Å². The van der Waals surface area contributed by atoms with Crippen molar-refractivity contribution in [3.8, 4) is 11.1 Å². The zero-order valence-electron chi connectivity index (χ0n) is 22.4. The molecule has 0 amide bonds. The summed E-state index contributed by atoms with van der Waals surface area (Å²) in [5.74, 6) is 0. The van der Waals surface area contributed by atoms with Crippen molar-refractivity contribution in [1.29, 1.82) is 0 Å². The molecule has 0 saturated heterocycles. The number of nitrogens with zero attached hydrogens (tertiary/aromatic N) is 1. The summed E-state index contributed by atoms with van der Waals surface area (Å²) in [6.45, 7) is 4.33. The van der Waals surface area contributed by atoms with E-state index in [1.54, 1.807) is 0 Å². The van der Waals surface area contributed by atoms with Gasteiger partial charge in [0.1, 0.15) is 0 Å². The van der Waals surface area contributed by atoms with Crippen LogP contribution in [-0.2, 0) is 0 Å². The lowest BCUT2D eigenvalue weighted by atomic mass is 9.92. The number of benzene rings is 6. The largest absolute Gasteiger partial charge is 0.377 e. The van der Waals surface area contributed by atoms with Gasteiger partial charge in [0.15, 0.2) is 0 Å². The summed E-state index contributed by atoms with van der Waals surface area (Å²) >= 11 is 0. The van der Waals surface area contributed by atoms with Crippen molar-refractivity contribution in [1.82, 2.24) is 0 Å². The summed E-state index contributed by atoms with van der Waals surface area (Å²) in [5, 5.41) is 9.27. The summed E-state index contributed by atoms with van der Waals surface area (Å²) in [7, 11) is 3.51. The zero-order valence-corrected chi connectivity index (χ0v) is 23.3. The number of hydrogen-bond donors (Lipinski definition) is 0. The Kier molecular flexibility index (Phi) is 6.48. The first-order valence-corrected chi connectivity index (χ1v) is 14.5. The van der Waals surface area contributed by atoms with Gasteiger partial charge in [-0.3, -0.25) is 0 Å². The number of hydrogen-bond acceptors (Lipinski definition) is 1. The summed E-state index contributed by atoms with van der Waals surface area (Å²) in [6, 6.07) is 45.2. The molecule has 0 atom stereocenters. The molecule has 6 rings (SSSR count). The van der Waals surface area contributed by atoms with Crippen LogP contribution in [0.25, 0.3) is 32.7 Å². The third-order valence-corrected chi connectivity index (χ3v) is 9.85. The first-order valence-electron chi connectivity index (χ1n) is 13.2. The quantitative estimate of drug-likeness (QED) is 0.212. The molecule has 0 N–H and O–H groups in total. The number of fused-ring (bicyclic) bond motifs is 2. The van der Waals surface area contributed by atoms with Crippen molar-refractivity contribution in [2.45, 2.75) is 13.8 Å². The van der Waals surface area contributed by atoms with Gasteiger partial charge in [0.05, 0.1) is 0 Å². The Hall–Kier alpha value is -3.93. The van der Waals surface area contributed by atoms with Crippen molar-refractivity contribution >= 4 is 51.1 Å². The molecule has 0 aliphatic rings. The second-order valence-corrected chi connectivity index (χ2v) is 12.4. The van der Waals surface area contributed by atoms with Crippen LogP contribution in [0.15, 0.2) is 121 Å². The van der Waals surface area contributed by atoms with Crippen molar-refractivity contribution in [2.24, 2.45) is 0 Å². The molecule has 1 nitrogen and oxygen atoms in total. The highest BCUT2D eigenvalue weighted by Crippen LogP contribution is 2.45. The van der Waals surface area contributed by atoms with E-state index in [-0.39, 0.29) is 0 Å². The SMILES string of the molecule is Cc1ccc(P(c2ccc(C)cc2)c2ccc3ccccc3c2-c2c(N(C)C)ccc3ccccc23)cc1. The molecule has 186 valence electrons. The van der Waals surface area contributed by atoms with Gasteiger partial charge in [-0.05, 0) is 65.3 Å². The average Bonchev–Trinajstić information content (AvgIpc) is 2.94. The maximum atomic E-state index is 2.39. The molecule has 0 unspecified atom stereocenters. The third kappa shape index (κ3) is 4.38. The number of rotatable bonds is 5. The molecule has 0 radical (unpaired) electrons. The topological polar surface area (TPSA) is 3.24 Å². The van der Waals surface area contributed by atoms with E-state index in [0.29, 0.717) is 0 Å². The Bertz CT molecular complexity index is 1700. The molecule has 0 spiro atoms. The summed E-state index contributed by atoms with van der Waals surface area (Å²) < 4.78 is 0. The Labute approximate surface area is 227 Å². The Morgan fingerprint density at radius 1 is 0.474 bits per heavy atom. The number of aryl methyl sites for hydroxylation is 2. The molecule has 38 heavy (non-hydrogen) atoms. The summed E-state index contributed by atoms with van der Waals surface area (Å²) in [6.07, 6.45) is 0. The van der Waals surface area contributed by atoms with Crippen molar-refractivity contribution in [3.63, 3.8) is 0 Å². The fourth-order valence-electron chi connectivity index (χ4n) is 5.42. The van der Waals surface area contributed by atoms with Gasteiger partial charge in [0.25, 0.3) is 0 Å². The van der Waals surface area contributed by atoms with Crippen LogP contribution < -0.4 is 20.8 Å². The Balaban J connectivity index is 1.77. The van der Waals surface area contributed by atoms with Crippen LogP contribution in [0.5, 0.6) is 0 Å². The van der Waals surface area contributed by atoms with Crippen LogP contribution in [0.1, 0.15) is 11.1 Å². The zero-order chi connectivity index (χ0) is 26.2. The second kappa shape index (κ2) is 10.1. The lowest BCUT2D eigenvalue weighted by Gasteiger charge is -2.27. The van der Waals surface area contributed by atoms with Crippen LogP contribution in [0, 0.1) is 13.8 Å². The van der Waals surface area contributed by atoms with Gasteiger partial charge in [0.2, 0.25) is 0 Å². The molecule has 0 aliphatic carbocycles. The van der Waals surface area contributed by atoms with Crippen LogP contribution in [-0.4, -0.2) is 14.1 Å². The molecule has 0 aromatic heterocycles. The van der Waals surface area contributed by atoms with Gasteiger partial charge in [0, 0.05) is 30.9 Å². The van der Waals surface area contributed by atoms with Crippen LogP contribution in [0.3, 0.4) is 0 Å². The van der Waals surface area contributed by atoms with Gasteiger partial charge in [-0.2, -0.15) is 0 Å². The van der Waals surface area contributed by atoms with Gasteiger partial charge >= 0.3 is 0 Å². The van der Waals surface area contributed by atoms with Gasteiger partial charge in [-0.15, -0.1) is 0 Å². The molecule has 0 heterocycles. The van der Waals surface area contributed by atoms with Gasteiger partial charge < -0.3 is 4.90 Å². The minimum atomic E-state index is -0.794. The van der Waals surface area contributed by atoms with E-state index in [2.05, 4.69) is 154 Å². The normalized spacial score (nSPS) is 11.4. The molecule has 0 fully saturated rings. The molecule has 0 saturated carbocycles. The summed E-state index contributed by atoms with van der Waals surface area (Å²) in [4.78, 5) is 2.26. The van der Waals surface area contributed by atoms with E-state index in [1.807, 2.05) is 0 Å². The molecular weight excluding hydrogens is 477 g/mol. The Morgan fingerprint density at radius 3 is 1.47 bits per heavy atom. The van der Waals surface area contributed by atoms with Gasteiger partial charge in [-0.25, -0.2) is 0 Å². The molecule has 6 aromatic carbocycles. The fourth-order valence-corrected chi connectivity index (χ4v) is 7.85. The van der Waals surface area contributed by atoms with Gasteiger partial charge in [-0.1, -0.05) is 126 Å². The molecule has 2 heteroatoms. The standard InChI is InChI=1S/C36H32NP/c1-25-13-19-29(20-14-25)38(30-21-15-26(2)16-22-30)34-24-18-28-10-6-8-12-32(28)36(34)35-31-11-7-5-9-27(31)17-23-33(35)37(3)4/h5-24H,1-4H3. The minimum Gasteiger partial charge on any atom is -0.377 e. The first-order chi connectivity index (χ1) is 18.5. The van der Waals surface area contributed by atoms with Crippen molar-refractivity contribution in [2.75, 3.05) is 19.0 Å². The fraction of sp³-hybridized carbons (Fsp3) is 0.111. The molecule has 0 bridgehead atoms. The highest BCUT2D eigenvalue weighted by Gasteiger charge is 2.25. The van der Waals surface area contributed by atoms with E-state index >= 15 is 0 Å². The first kappa shape index (κ1) is 24.4.